The predicted molar refractivity (Wildman–Crippen MR) is 122 cm³/mol. The summed E-state index contributed by atoms with van der Waals surface area (Å²) < 4.78 is 26.8. The van der Waals surface area contributed by atoms with Crippen molar-refractivity contribution in [1.82, 2.24) is 9.21 Å². The van der Waals surface area contributed by atoms with Gasteiger partial charge in [0.05, 0.1) is 9.82 Å². The summed E-state index contributed by atoms with van der Waals surface area (Å²) in [6.07, 6.45) is 0. The number of rotatable bonds is 7. The highest BCUT2D eigenvalue weighted by molar-refractivity contribution is 7.89. The molecule has 0 spiro atoms. The predicted octanol–water partition coefficient (Wildman–Crippen LogP) is 2.90. The lowest BCUT2D eigenvalue weighted by Gasteiger charge is -2.36. The summed E-state index contributed by atoms with van der Waals surface area (Å²) in [5.41, 5.74) is 1.73. The van der Waals surface area contributed by atoms with E-state index in [1.165, 1.54) is 16.4 Å². The second-order valence-electron chi connectivity index (χ2n) is 7.65. The van der Waals surface area contributed by atoms with Crippen molar-refractivity contribution in [2.24, 2.45) is 0 Å². The lowest BCUT2D eigenvalue weighted by molar-refractivity contribution is -0.384. The number of carbonyl (C=O) groups excluding carboxylic acids is 1. The van der Waals surface area contributed by atoms with Crippen LogP contribution in [-0.4, -0.2) is 67.7 Å². The lowest BCUT2D eigenvalue weighted by Crippen LogP contribution is -2.49. The van der Waals surface area contributed by atoms with Crippen LogP contribution in [0.3, 0.4) is 0 Å². The zero-order valence-corrected chi connectivity index (χ0v) is 19.3. The number of anilines is 1. The van der Waals surface area contributed by atoms with Crippen molar-refractivity contribution < 1.29 is 18.1 Å². The standard InChI is InChI=1S/C22H28N4O5S/c1-4-25(5-2)32(30,31)19-9-10-20(21(16-19)26(28)29)23-11-13-24(14-12-23)22(27)18-8-6-7-17(3)15-18/h6-10,15-16H,4-5,11-14H2,1-3H3. The zero-order valence-electron chi connectivity index (χ0n) is 18.5. The van der Waals surface area contributed by atoms with E-state index in [4.69, 9.17) is 0 Å². The Morgan fingerprint density at radius 2 is 1.72 bits per heavy atom. The maximum Gasteiger partial charge on any atom is 0.293 e. The Bertz CT molecular complexity index is 1110. The molecule has 0 bridgehead atoms. The molecule has 1 heterocycles. The number of carbonyl (C=O) groups is 1. The highest BCUT2D eigenvalue weighted by atomic mass is 32.2. The molecule has 0 unspecified atom stereocenters. The number of hydrogen-bond acceptors (Lipinski definition) is 6. The van der Waals surface area contributed by atoms with Gasteiger partial charge in [0.2, 0.25) is 10.0 Å². The average molecular weight is 461 g/mol. The molecule has 0 radical (unpaired) electrons. The molecule has 32 heavy (non-hydrogen) atoms. The Kier molecular flexibility index (Phi) is 7.15. The van der Waals surface area contributed by atoms with Crippen molar-refractivity contribution in [2.75, 3.05) is 44.2 Å². The van der Waals surface area contributed by atoms with Crippen LogP contribution < -0.4 is 4.90 Å². The van der Waals surface area contributed by atoms with Crippen LogP contribution in [0.15, 0.2) is 47.4 Å². The Morgan fingerprint density at radius 1 is 1.06 bits per heavy atom. The molecular weight excluding hydrogens is 432 g/mol. The molecule has 2 aromatic carbocycles. The van der Waals surface area contributed by atoms with Gasteiger partial charge in [-0.15, -0.1) is 0 Å². The fourth-order valence-corrected chi connectivity index (χ4v) is 5.38. The molecular formula is C22H28N4O5S. The summed E-state index contributed by atoms with van der Waals surface area (Å²) in [5, 5.41) is 11.7. The second-order valence-corrected chi connectivity index (χ2v) is 9.58. The number of nitro benzene ring substituents is 1. The van der Waals surface area contributed by atoms with Crippen molar-refractivity contribution in [3.63, 3.8) is 0 Å². The van der Waals surface area contributed by atoms with E-state index in [1.807, 2.05) is 30.0 Å². The molecule has 0 atom stereocenters. The van der Waals surface area contributed by atoms with E-state index < -0.39 is 14.9 Å². The molecule has 1 aliphatic heterocycles. The number of sulfonamides is 1. The molecule has 9 nitrogen and oxygen atoms in total. The van der Waals surface area contributed by atoms with Crippen LogP contribution in [0.2, 0.25) is 0 Å². The van der Waals surface area contributed by atoms with E-state index in [-0.39, 0.29) is 29.6 Å². The van der Waals surface area contributed by atoms with Crippen molar-refractivity contribution in [1.29, 1.82) is 0 Å². The number of amides is 1. The number of nitrogens with zero attached hydrogens (tertiary/aromatic N) is 4. The van der Waals surface area contributed by atoms with Gasteiger partial charge in [0.1, 0.15) is 5.69 Å². The first-order valence-electron chi connectivity index (χ1n) is 10.6. The van der Waals surface area contributed by atoms with Gasteiger partial charge in [-0.1, -0.05) is 31.5 Å². The van der Waals surface area contributed by atoms with Crippen LogP contribution >= 0.6 is 0 Å². The maximum atomic E-state index is 12.8. The largest absolute Gasteiger partial charge is 0.362 e. The highest BCUT2D eigenvalue weighted by Gasteiger charge is 2.29. The van der Waals surface area contributed by atoms with Gasteiger partial charge in [-0.25, -0.2) is 8.42 Å². The Labute approximate surface area is 188 Å². The van der Waals surface area contributed by atoms with E-state index in [9.17, 15) is 23.3 Å². The number of hydrogen-bond donors (Lipinski definition) is 0. The topological polar surface area (TPSA) is 104 Å². The lowest BCUT2D eigenvalue weighted by atomic mass is 10.1. The van der Waals surface area contributed by atoms with Crippen LogP contribution in [0.25, 0.3) is 0 Å². The number of nitro groups is 1. The van der Waals surface area contributed by atoms with Gasteiger partial charge < -0.3 is 9.80 Å². The Morgan fingerprint density at radius 3 is 2.28 bits per heavy atom. The summed E-state index contributed by atoms with van der Waals surface area (Å²) in [4.78, 5) is 27.4. The third kappa shape index (κ3) is 4.76. The molecule has 0 aromatic heterocycles. The molecule has 1 aliphatic rings. The van der Waals surface area contributed by atoms with Crippen molar-refractivity contribution in [2.45, 2.75) is 25.7 Å². The number of aryl methyl sites for hydroxylation is 1. The zero-order chi connectivity index (χ0) is 23.5. The van der Waals surface area contributed by atoms with Crippen molar-refractivity contribution >= 4 is 27.3 Å². The quantitative estimate of drug-likeness (QED) is 0.465. The summed E-state index contributed by atoms with van der Waals surface area (Å²) in [6, 6.07) is 11.4. The smallest absolute Gasteiger partial charge is 0.293 e. The van der Waals surface area contributed by atoms with Gasteiger partial charge in [0, 0.05) is 50.9 Å². The van der Waals surface area contributed by atoms with E-state index in [0.29, 0.717) is 37.4 Å². The molecule has 1 saturated heterocycles. The Balaban J connectivity index is 1.80. The highest BCUT2D eigenvalue weighted by Crippen LogP contribution is 2.32. The maximum absolute atomic E-state index is 12.8. The Hall–Kier alpha value is -2.98. The monoisotopic (exact) mass is 460 g/mol. The molecule has 172 valence electrons. The SMILES string of the molecule is CCN(CC)S(=O)(=O)c1ccc(N2CCN(C(=O)c3cccc(C)c3)CC2)c([N+](=O)[O-])c1. The van der Waals surface area contributed by atoms with E-state index in [0.717, 1.165) is 11.6 Å². The summed E-state index contributed by atoms with van der Waals surface area (Å²) >= 11 is 0. The minimum atomic E-state index is -3.80. The van der Waals surface area contributed by atoms with Gasteiger partial charge in [-0.05, 0) is 31.2 Å². The first-order valence-corrected chi connectivity index (χ1v) is 12.0. The van der Waals surface area contributed by atoms with Crippen molar-refractivity contribution in [3.05, 3.63) is 63.7 Å². The van der Waals surface area contributed by atoms with Crippen LogP contribution in [0.1, 0.15) is 29.8 Å². The second kappa shape index (κ2) is 9.66. The molecule has 0 saturated carbocycles. The number of benzene rings is 2. The summed E-state index contributed by atoms with van der Waals surface area (Å²) in [7, 11) is -3.80. The van der Waals surface area contributed by atoms with Crippen LogP contribution in [-0.2, 0) is 10.0 Å². The summed E-state index contributed by atoms with van der Waals surface area (Å²) in [6.45, 7) is 7.62. The first kappa shape index (κ1) is 23.7. The fraction of sp³-hybridized carbons (Fsp3) is 0.409. The minimum Gasteiger partial charge on any atom is -0.362 e. The normalized spacial score (nSPS) is 14.6. The minimum absolute atomic E-state index is 0.0662. The van der Waals surface area contributed by atoms with Gasteiger partial charge >= 0.3 is 0 Å². The van der Waals surface area contributed by atoms with Gasteiger partial charge in [-0.3, -0.25) is 14.9 Å². The van der Waals surface area contributed by atoms with Crippen LogP contribution in [0, 0.1) is 17.0 Å². The van der Waals surface area contributed by atoms with Crippen LogP contribution in [0.5, 0.6) is 0 Å². The van der Waals surface area contributed by atoms with Crippen LogP contribution in [0.4, 0.5) is 11.4 Å². The molecule has 0 aliphatic carbocycles. The molecule has 0 N–H and O–H groups in total. The van der Waals surface area contributed by atoms with E-state index in [2.05, 4.69) is 0 Å². The van der Waals surface area contributed by atoms with Gasteiger partial charge in [-0.2, -0.15) is 4.31 Å². The molecule has 3 rings (SSSR count). The molecule has 2 aromatic rings. The third-order valence-electron chi connectivity index (χ3n) is 5.66. The van der Waals surface area contributed by atoms with E-state index in [1.54, 1.807) is 24.8 Å². The molecule has 1 fully saturated rings. The van der Waals surface area contributed by atoms with E-state index >= 15 is 0 Å². The third-order valence-corrected chi connectivity index (χ3v) is 7.71. The first-order chi connectivity index (χ1) is 15.2. The summed E-state index contributed by atoms with van der Waals surface area (Å²) in [5.74, 6) is -0.0662. The van der Waals surface area contributed by atoms with Gasteiger partial charge in [0.25, 0.3) is 11.6 Å². The average Bonchev–Trinajstić information content (AvgIpc) is 2.79. The molecule has 1 amide bonds. The van der Waals surface area contributed by atoms with Crippen molar-refractivity contribution in [3.8, 4) is 0 Å². The number of piperazine rings is 1. The molecule has 10 heteroatoms. The van der Waals surface area contributed by atoms with Gasteiger partial charge in [0.15, 0.2) is 0 Å². The fourth-order valence-electron chi connectivity index (χ4n) is 3.90.